The van der Waals surface area contributed by atoms with Gasteiger partial charge in [-0.15, -0.1) is 0 Å². The molecule has 0 aliphatic carbocycles. The number of esters is 1. The van der Waals surface area contributed by atoms with Crippen LogP contribution in [0.2, 0.25) is 0 Å². The van der Waals surface area contributed by atoms with Crippen LogP contribution >= 0.6 is 0 Å². The second kappa shape index (κ2) is 8.82. The van der Waals surface area contributed by atoms with Crippen LogP contribution in [0, 0.1) is 5.92 Å². The van der Waals surface area contributed by atoms with Gasteiger partial charge < -0.3 is 14.2 Å². The van der Waals surface area contributed by atoms with Crippen molar-refractivity contribution in [2.75, 3.05) is 24.7 Å². The summed E-state index contributed by atoms with van der Waals surface area (Å²) in [6, 6.07) is 10.4. The van der Waals surface area contributed by atoms with E-state index >= 15 is 0 Å². The Kier molecular flexibility index (Phi) is 6.42. The maximum atomic E-state index is 12.7. The van der Waals surface area contributed by atoms with Gasteiger partial charge >= 0.3 is 5.97 Å². The van der Waals surface area contributed by atoms with E-state index in [-0.39, 0.29) is 29.4 Å². The Morgan fingerprint density at radius 3 is 2.55 bits per heavy atom. The van der Waals surface area contributed by atoms with Crippen LogP contribution in [0.1, 0.15) is 30.6 Å². The molecule has 1 aliphatic rings. The van der Waals surface area contributed by atoms with Gasteiger partial charge in [-0.3, -0.25) is 4.79 Å². The highest BCUT2D eigenvalue weighted by molar-refractivity contribution is 7.91. The van der Waals surface area contributed by atoms with E-state index in [4.69, 9.17) is 4.74 Å². The van der Waals surface area contributed by atoms with E-state index < -0.39 is 22.4 Å². The molecule has 1 unspecified atom stereocenters. The predicted molar refractivity (Wildman–Crippen MR) is 110 cm³/mol. The SMILES string of the molecule is CC(C)CN(C(=O)COC(=O)c1cccc(-n2cccc2)c1)C1CCS(=O)(=O)C1. The normalized spacial score (nSPS) is 18.0. The number of amides is 1. The molecule has 1 fully saturated rings. The molecule has 0 radical (unpaired) electrons. The van der Waals surface area contributed by atoms with Crippen LogP contribution < -0.4 is 0 Å². The van der Waals surface area contributed by atoms with Crippen molar-refractivity contribution in [1.29, 1.82) is 0 Å². The van der Waals surface area contributed by atoms with Crippen molar-refractivity contribution in [3.63, 3.8) is 0 Å². The number of hydrogen-bond acceptors (Lipinski definition) is 5. The van der Waals surface area contributed by atoms with Crippen molar-refractivity contribution < 1.29 is 22.7 Å². The zero-order valence-corrected chi connectivity index (χ0v) is 17.5. The fourth-order valence-electron chi connectivity index (χ4n) is 3.46. The van der Waals surface area contributed by atoms with Crippen LogP contribution in [0.4, 0.5) is 0 Å². The molecule has 29 heavy (non-hydrogen) atoms. The van der Waals surface area contributed by atoms with Crippen molar-refractivity contribution in [2.24, 2.45) is 5.92 Å². The molecule has 0 saturated carbocycles. The highest BCUT2D eigenvalue weighted by Crippen LogP contribution is 2.19. The third-order valence-electron chi connectivity index (χ3n) is 4.84. The molecule has 1 saturated heterocycles. The minimum Gasteiger partial charge on any atom is -0.452 e. The first-order valence-corrected chi connectivity index (χ1v) is 11.5. The van der Waals surface area contributed by atoms with E-state index in [1.807, 2.05) is 49.0 Å². The first-order chi connectivity index (χ1) is 13.7. The van der Waals surface area contributed by atoms with Gasteiger partial charge in [-0.1, -0.05) is 19.9 Å². The van der Waals surface area contributed by atoms with E-state index in [1.54, 1.807) is 23.1 Å². The molecule has 156 valence electrons. The summed E-state index contributed by atoms with van der Waals surface area (Å²) in [6.07, 6.45) is 4.16. The zero-order valence-electron chi connectivity index (χ0n) is 16.7. The Labute approximate surface area is 171 Å². The molecule has 8 heteroatoms. The van der Waals surface area contributed by atoms with E-state index in [0.717, 1.165) is 5.69 Å². The number of rotatable bonds is 7. The maximum Gasteiger partial charge on any atom is 0.338 e. The Morgan fingerprint density at radius 2 is 1.93 bits per heavy atom. The molecular formula is C21H26N2O5S. The summed E-state index contributed by atoms with van der Waals surface area (Å²) >= 11 is 0. The number of aromatic nitrogens is 1. The van der Waals surface area contributed by atoms with Crippen molar-refractivity contribution in [3.05, 3.63) is 54.4 Å². The number of benzene rings is 1. The number of sulfone groups is 1. The second-order valence-corrected chi connectivity index (χ2v) is 9.94. The van der Waals surface area contributed by atoms with Crippen LogP contribution in [-0.2, 0) is 19.4 Å². The van der Waals surface area contributed by atoms with Gasteiger partial charge in [-0.25, -0.2) is 13.2 Å². The van der Waals surface area contributed by atoms with E-state index in [2.05, 4.69) is 0 Å². The summed E-state index contributed by atoms with van der Waals surface area (Å²) < 4.78 is 30.7. The Hall–Kier alpha value is -2.61. The standard InChI is InChI=1S/C21H26N2O5S/c1-16(2)13-23(19-8-11-29(26,27)15-19)20(24)14-28-21(25)17-6-5-7-18(12-17)22-9-3-4-10-22/h3-7,9-10,12,16,19H,8,11,13-15H2,1-2H3. The third-order valence-corrected chi connectivity index (χ3v) is 6.59. The number of carbonyl (C=O) groups excluding carboxylic acids is 2. The van der Waals surface area contributed by atoms with Gasteiger partial charge in [0.2, 0.25) is 0 Å². The molecule has 1 amide bonds. The number of carbonyl (C=O) groups is 2. The fraction of sp³-hybridized carbons (Fsp3) is 0.429. The number of hydrogen-bond donors (Lipinski definition) is 0. The molecule has 1 aromatic carbocycles. The summed E-state index contributed by atoms with van der Waals surface area (Å²) in [5.41, 5.74) is 1.16. The van der Waals surface area contributed by atoms with Gasteiger partial charge in [0, 0.05) is 30.7 Å². The molecule has 3 rings (SSSR count). The van der Waals surface area contributed by atoms with Crippen molar-refractivity contribution in [2.45, 2.75) is 26.3 Å². The Morgan fingerprint density at radius 1 is 1.21 bits per heavy atom. The summed E-state index contributed by atoms with van der Waals surface area (Å²) in [5.74, 6) is -0.716. The summed E-state index contributed by atoms with van der Waals surface area (Å²) in [6.45, 7) is 3.94. The minimum atomic E-state index is -3.11. The molecule has 1 aliphatic heterocycles. The first-order valence-electron chi connectivity index (χ1n) is 9.65. The molecule has 0 bridgehead atoms. The van der Waals surface area contributed by atoms with Crippen LogP contribution in [0.25, 0.3) is 5.69 Å². The third kappa shape index (κ3) is 5.47. The van der Waals surface area contributed by atoms with Gasteiger partial charge in [-0.05, 0) is 42.7 Å². The first kappa shape index (κ1) is 21.1. The summed E-state index contributed by atoms with van der Waals surface area (Å²) in [4.78, 5) is 26.7. The fourth-order valence-corrected chi connectivity index (χ4v) is 5.19. The number of nitrogens with zero attached hydrogens (tertiary/aromatic N) is 2. The Bertz CT molecular complexity index is 967. The molecule has 2 aromatic rings. The lowest BCUT2D eigenvalue weighted by atomic mass is 10.1. The van der Waals surface area contributed by atoms with Gasteiger partial charge in [0.05, 0.1) is 17.1 Å². The van der Waals surface area contributed by atoms with Gasteiger partial charge in [0.1, 0.15) is 0 Å². The molecule has 1 atom stereocenters. The van der Waals surface area contributed by atoms with E-state index in [0.29, 0.717) is 18.5 Å². The molecule has 2 heterocycles. The van der Waals surface area contributed by atoms with Crippen LogP contribution in [-0.4, -0.2) is 60.5 Å². The lowest BCUT2D eigenvalue weighted by Gasteiger charge is -2.29. The van der Waals surface area contributed by atoms with Gasteiger partial charge in [0.15, 0.2) is 16.4 Å². The topological polar surface area (TPSA) is 85.7 Å². The molecule has 0 N–H and O–H groups in total. The van der Waals surface area contributed by atoms with Crippen molar-refractivity contribution in [3.8, 4) is 5.69 Å². The van der Waals surface area contributed by atoms with Crippen molar-refractivity contribution >= 4 is 21.7 Å². The average Bonchev–Trinajstić information content (AvgIpc) is 3.33. The lowest BCUT2D eigenvalue weighted by Crippen LogP contribution is -2.45. The lowest BCUT2D eigenvalue weighted by molar-refractivity contribution is -0.137. The highest BCUT2D eigenvalue weighted by Gasteiger charge is 2.35. The van der Waals surface area contributed by atoms with Crippen molar-refractivity contribution in [1.82, 2.24) is 9.47 Å². The monoisotopic (exact) mass is 418 g/mol. The summed E-state index contributed by atoms with van der Waals surface area (Å²) in [7, 11) is -3.11. The summed E-state index contributed by atoms with van der Waals surface area (Å²) in [5, 5.41) is 0. The van der Waals surface area contributed by atoms with Gasteiger partial charge in [0.25, 0.3) is 5.91 Å². The van der Waals surface area contributed by atoms with Crippen LogP contribution in [0.5, 0.6) is 0 Å². The van der Waals surface area contributed by atoms with E-state index in [9.17, 15) is 18.0 Å². The largest absolute Gasteiger partial charge is 0.452 e. The maximum absolute atomic E-state index is 12.7. The second-order valence-electron chi connectivity index (χ2n) is 7.71. The smallest absolute Gasteiger partial charge is 0.338 e. The van der Waals surface area contributed by atoms with Gasteiger partial charge in [-0.2, -0.15) is 0 Å². The molecule has 1 aromatic heterocycles. The highest BCUT2D eigenvalue weighted by atomic mass is 32.2. The number of ether oxygens (including phenoxy) is 1. The average molecular weight is 419 g/mol. The van der Waals surface area contributed by atoms with E-state index in [1.165, 1.54) is 0 Å². The zero-order chi connectivity index (χ0) is 21.0. The predicted octanol–water partition coefficient (Wildman–Crippen LogP) is 2.31. The molecule has 7 nitrogen and oxygen atoms in total. The molecule has 0 spiro atoms. The van der Waals surface area contributed by atoms with Crippen LogP contribution in [0.15, 0.2) is 48.8 Å². The quantitative estimate of drug-likeness (QED) is 0.644. The minimum absolute atomic E-state index is 0.0294. The van der Waals surface area contributed by atoms with Crippen LogP contribution in [0.3, 0.4) is 0 Å². The molecular weight excluding hydrogens is 392 g/mol. The Balaban J connectivity index is 1.65.